The summed E-state index contributed by atoms with van der Waals surface area (Å²) in [4.78, 5) is 14.3. The number of ether oxygens (including phenoxy) is 1. The molecule has 3 rings (SSSR count). The van der Waals surface area contributed by atoms with E-state index < -0.39 is 0 Å². The number of amides is 2. The molecule has 7 nitrogen and oxygen atoms in total. The predicted octanol–water partition coefficient (Wildman–Crippen LogP) is 2.21. The molecule has 1 N–H and O–H groups in total. The van der Waals surface area contributed by atoms with Crippen molar-refractivity contribution >= 4 is 6.03 Å². The van der Waals surface area contributed by atoms with Crippen LogP contribution < -0.4 is 5.32 Å². The molecule has 1 atom stereocenters. The molecular formula is C16H22N4O3. The highest BCUT2D eigenvalue weighted by Gasteiger charge is 2.32. The van der Waals surface area contributed by atoms with Gasteiger partial charge in [-0.3, -0.25) is 4.68 Å². The third-order valence-corrected chi connectivity index (χ3v) is 4.01. The number of rotatable bonds is 5. The fraction of sp³-hybridized carbons (Fsp3) is 0.500. The number of likely N-dealkylation sites (tertiary alicyclic amines) is 1. The number of nitrogens with zero attached hydrogens (tertiary/aromatic N) is 3. The van der Waals surface area contributed by atoms with Crippen LogP contribution >= 0.6 is 0 Å². The van der Waals surface area contributed by atoms with Crippen LogP contribution in [0.4, 0.5) is 4.79 Å². The van der Waals surface area contributed by atoms with E-state index in [1.807, 2.05) is 30.3 Å². The highest BCUT2D eigenvalue weighted by molar-refractivity contribution is 5.75. The molecule has 0 radical (unpaired) electrons. The predicted molar refractivity (Wildman–Crippen MR) is 83.5 cm³/mol. The maximum Gasteiger partial charge on any atom is 0.318 e. The van der Waals surface area contributed by atoms with Gasteiger partial charge in [-0.05, 0) is 25.0 Å². The van der Waals surface area contributed by atoms with Gasteiger partial charge in [-0.1, -0.05) is 0 Å². The number of carbonyl (C=O) groups excluding carboxylic acids is 1. The molecule has 3 heterocycles. The van der Waals surface area contributed by atoms with E-state index >= 15 is 0 Å². The topological polar surface area (TPSA) is 72.5 Å². The van der Waals surface area contributed by atoms with Crippen LogP contribution in [0.3, 0.4) is 0 Å². The number of aryl methyl sites for hydroxylation is 1. The molecule has 0 aromatic carbocycles. The van der Waals surface area contributed by atoms with Crippen molar-refractivity contribution in [2.45, 2.75) is 32.0 Å². The lowest BCUT2D eigenvalue weighted by Crippen LogP contribution is -2.39. The van der Waals surface area contributed by atoms with Crippen LogP contribution in [-0.2, 0) is 24.9 Å². The molecule has 0 spiro atoms. The normalized spacial score (nSPS) is 17.7. The van der Waals surface area contributed by atoms with Gasteiger partial charge in [0.1, 0.15) is 18.1 Å². The summed E-state index contributed by atoms with van der Waals surface area (Å²) >= 11 is 0. The fourth-order valence-corrected chi connectivity index (χ4v) is 2.94. The fourth-order valence-electron chi connectivity index (χ4n) is 2.94. The van der Waals surface area contributed by atoms with Gasteiger partial charge in [0.25, 0.3) is 0 Å². The number of furan rings is 1. The molecule has 23 heavy (non-hydrogen) atoms. The SMILES string of the molecule is COCc1ccc([C@@H]2CCCN2C(=O)NCc2cnn(C)c2)o1. The van der Waals surface area contributed by atoms with E-state index in [0.717, 1.165) is 36.5 Å². The van der Waals surface area contributed by atoms with Gasteiger partial charge >= 0.3 is 6.03 Å². The summed E-state index contributed by atoms with van der Waals surface area (Å²) in [6, 6.07) is 3.77. The Kier molecular flexibility index (Phi) is 4.66. The minimum Gasteiger partial charge on any atom is -0.461 e. The first kappa shape index (κ1) is 15.6. The molecule has 2 amide bonds. The number of hydrogen-bond acceptors (Lipinski definition) is 4. The third-order valence-electron chi connectivity index (χ3n) is 4.01. The summed E-state index contributed by atoms with van der Waals surface area (Å²) in [7, 11) is 3.49. The third kappa shape index (κ3) is 3.56. The largest absolute Gasteiger partial charge is 0.461 e. The molecule has 7 heteroatoms. The summed E-state index contributed by atoms with van der Waals surface area (Å²) in [5.74, 6) is 1.61. The molecule has 2 aromatic heterocycles. The van der Waals surface area contributed by atoms with Crippen LogP contribution in [0.25, 0.3) is 0 Å². The first-order valence-corrected chi connectivity index (χ1v) is 7.77. The van der Waals surface area contributed by atoms with E-state index in [4.69, 9.17) is 9.15 Å². The van der Waals surface area contributed by atoms with Crippen molar-refractivity contribution in [3.63, 3.8) is 0 Å². The molecular weight excluding hydrogens is 296 g/mol. The van der Waals surface area contributed by atoms with Gasteiger partial charge in [-0.15, -0.1) is 0 Å². The molecule has 1 aliphatic rings. The highest BCUT2D eigenvalue weighted by Crippen LogP contribution is 2.33. The minimum atomic E-state index is -0.0685. The Labute approximate surface area is 135 Å². The van der Waals surface area contributed by atoms with Crippen LogP contribution in [0.5, 0.6) is 0 Å². The van der Waals surface area contributed by atoms with Crippen LogP contribution in [0, 0.1) is 0 Å². The number of nitrogens with one attached hydrogen (secondary N) is 1. The minimum absolute atomic E-state index is 0.00509. The van der Waals surface area contributed by atoms with Crippen molar-refractivity contribution in [2.75, 3.05) is 13.7 Å². The van der Waals surface area contributed by atoms with E-state index in [9.17, 15) is 4.79 Å². The van der Waals surface area contributed by atoms with Crippen molar-refractivity contribution in [3.05, 3.63) is 41.6 Å². The van der Waals surface area contributed by atoms with E-state index in [1.54, 1.807) is 18.0 Å². The van der Waals surface area contributed by atoms with Gasteiger partial charge in [0, 0.05) is 39.0 Å². The van der Waals surface area contributed by atoms with Gasteiger partial charge < -0.3 is 19.4 Å². The quantitative estimate of drug-likeness (QED) is 0.917. The number of urea groups is 1. The first-order chi connectivity index (χ1) is 11.2. The van der Waals surface area contributed by atoms with Crippen molar-refractivity contribution in [1.29, 1.82) is 0 Å². The van der Waals surface area contributed by atoms with Crippen LogP contribution in [-0.4, -0.2) is 34.4 Å². The molecule has 0 unspecified atom stereocenters. The van der Waals surface area contributed by atoms with Gasteiger partial charge in [0.15, 0.2) is 0 Å². The van der Waals surface area contributed by atoms with E-state index in [0.29, 0.717) is 13.2 Å². The molecule has 1 aliphatic heterocycles. The summed E-state index contributed by atoms with van der Waals surface area (Å²) < 4.78 is 12.6. The zero-order chi connectivity index (χ0) is 16.2. The highest BCUT2D eigenvalue weighted by atomic mass is 16.5. The second kappa shape index (κ2) is 6.87. The lowest BCUT2D eigenvalue weighted by molar-refractivity contribution is 0.156. The van der Waals surface area contributed by atoms with Crippen LogP contribution in [0.1, 0.15) is 36.0 Å². The molecule has 124 valence electrons. The van der Waals surface area contributed by atoms with Gasteiger partial charge in [-0.25, -0.2) is 4.79 Å². The van der Waals surface area contributed by atoms with Crippen LogP contribution in [0.15, 0.2) is 28.9 Å². The van der Waals surface area contributed by atoms with E-state index in [2.05, 4.69) is 10.4 Å². The smallest absolute Gasteiger partial charge is 0.318 e. The zero-order valence-corrected chi connectivity index (χ0v) is 13.5. The van der Waals surface area contributed by atoms with Gasteiger partial charge in [0.2, 0.25) is 0 Å². The maximum absolute atomic E-state index is 12.5. The number of hydrogen-bond donors (Lipinski definition) is 1. The molecule has 0 saturated carbocycles. The lowest BCUT2D eigenvalue weighted by Gasteiger charge is -2.23. The number of methoxy groups -OCH3 is 1. The molecule has 2 aromatic rings. The number of carbonyl (C=O) groups is 1. The van der Waals surface area contributed by atoms with Crippen molar-refractivity contribution in [1.82, 2.24) is 20.0 Å². The zero-order valence-electron chi connectivity index (χ0n) is 13.5. The second-order valence-electron chi connectivity index (χ2n) is 5.77. The Hall–Kier alpha value is -2.28. The average molecular weight is 318 g/mol. The van der Waals surface area contributed by atoms with Crippen LogP contribution in [0.2, 0.25) is 0 Å². The number of aromatic nitrogens is 2. The van der Waals surface area contributed by atoms with E-state index in [-0.39, 0.29) is 12.1 Å². The monoisotopic (exact) mass is 318 g/mol. The second-order valence-corrected chi connectivity index (χ2v) is 5.77. The molecule has 0 bridgehead atoms. The standard InChI is InChI=1S/C16H22N4O3/c1-19-10-12(9-18-19)8-17-16(21)20-7-3-4-14(20)15-6-5-13(23-15)11-22-2/h5-6,9-10,14H,3-4,7-8,11H2,1-2H3,(H,17,21)/t14-/m0/s1. The Balaban J connectivity index is 1.62. The summed E-state index contributed by atoms with van der Waals surface area (Å²) in [5.41, 5.74) is 0.983. The average Bonchev–Trinajstić information content (AvgIpc) is 3.24. The molecule has 0 aliphatic carbocycles. The Morgan fingerprint density at radius 3 is 3.13 bits per heavy atom. The Morgan fingerprint density at radius 2 is 2.39 bits per heavy atom. The summed E-state index contributed by atoms with van der Waals surface area (Å²) in [6.07, 6.45) is 5.54. The van der Waals surface area contributed by atoms with E-state index in [1.165, 1.54) is 0 Å². The van der Waals surface area contributed by atoms with Gasteiger partial charge in [-0.2, -0.15) is 5.10 Å². The Morgan fingerprint density at radius 1 is 1.52 bits per heavy atom. The molecule has 1 fully saturated rings. The first-order valence-electron chi connectivity index (χ1n) is 7.77. The van der Waals surface area contributed by atoms with Crippen molar-refractivity contribution < 1.29 is 13.9 Å². The lowest BCUT2D eigenvalue weighted by atomic mass is 10.2. The summed E-state index contributed by atoms with van der Waals surface area (Å²) in [6.45, 7) is 1.66. The maximum atomic E-state index is 12.5. The Bertz CT molecular complexity index is 664. The van der Waals surface area contributed by atoms with Crippen molar-refractivity contribution in [2.24, 2.45) is 7.05 Å². The molecule has 1 saturated heterocycles. The summed E-state index contributed by atoms with van der Waals surface area (Å²) in [5, 5.41) is 7.05. The van der Waals surface area contributed by atoms with Crippen molar-refractivity contribution in [3.8, 4) is 0 Å². The van der Waals surface area contributed by atoms with Gasteiger partial charge in [0.05, 0.1) is 12.2 Å².